The second kappa shape index (κ2) is 19.3. The van der Waals surface area contributed by atoms with E-state index in [1.54, 1.807) is 18.2 Å². The van der Waals surface area contributed by atoms with Gasteiger partial charge in [-0.1, -0.05) is 77.8 Å². The van der Waals surface area contributed by atoms with Gasteiger partial charge in [-0.05, 0) is 154 Å². The van der Waals surface area contributed by atoms with Crippen LogP contribution < -0.4 is 5.32 Å². The molecule has 1 aliphatic rings. The number of hydrogen-bond acceptors (Lipinski definition) is 3. The number of phenolic OH excluding ortho intramolecular Hbond substituents is 1. The standard InChI is InChI=1S/C46H56FN3O2.C2H6/c1-6-23-49(26-22-31(3)7-2)24-9-25-50-33(5)32(4)41-28-35(14-21-43(41)50)27-34-12-15-38(16-13-34)46(52)48-40-29-42(36-10-8-11-36)45(44(51)30-40)37-17-19-39(47)20-18-37;1-2/h12-21,28-31,36,51H,6-11,22-27H2,1-5H3,(H,48,52);1-2H3. The Morgan fingerprint density at radius 1 is 0.926 bits per heavy atom. The van der Waals surface area contributed by atoms with Crippen molar-refractivity contribution >= 4 is 22.5 Å². The van der Waals surface area contributed by atoms with Gasteiger partial charge in [0.25, 0.3) is 5.91 Å². The first-order valence-electron chi connectivity index (χ1n) is 20.5. The molecule has 6 heteroatoms. The molecule has 1 aliphatic carbocycles. The Kier molecular flexibility index (Phi) is 14.5. The maximum atomic E-state index is 13.6. The molecular weight excluding hydrogens is 670 g/mol. The fourth-order valence-corrected chi connectivity index (χ4v) is 7.71. The summed E-state index contributed by atoms with van der Waals surface area (Å²) >= 11 is 0. The number of aromatic hydroxyl groups is 1. The van der Waals surface area contributed by atoms with Crippen LogP contribution in [0.1, 0.15) is 124 Å². The average Bonchev–Trinajstić information content (AvgIpc) is 3.38. The summed E-state index contributed by atoms with van der Waals surface area (Å²) < 4.78 is 16.1. The minimum atomic E-state index is -0.312. The van der Waals surface area contributed by atoms with Gasteiger partial charge in [0.15, 0.2) is 0 Å². The van der Waals surface area contributed by atoms with Gasteiger partial charge in [0, 0.05) is 46.0 Å². The molecule has 0 aliphatic heterocycles. The molecule has 5 nitrogen and oxygen atoms in total. The molecule has 2 N–H and O–H groups in total. The van der Waals surface area contributed by atoms with Crippen molar-refractivity contribution in [1.29, 1.82) is 0 Å². The maximum Gasteiger partial charge on any atom is 0.255 e. The molecule has 0 radical (unpaired) electrons. The number of amides is 1. The Morgan fingerprint density at radius 3 is 2.28 bits per heavy atom. The van der Waals surface area contributed by atoms with E-state index in [1.165, 1.54) is 72.2 Å². The van der Waals surface area contributed by atoms with Crippen LogP contribution in [0, 0.1) is 25.6 Å². The van der Waals surface area contributed by atoms with Gasteiger partial charge in [-0.25, -0.2) is 4.39 Å². The van der Waals surface area contributed by atoms with E-state index in [0.717, 1.165) is 67.8 Å². The van der Waals surface area contributed by atoms with Crippen molar-refractivity contribution < 1.29 is 14.3 Å². The van der Waals surface area contributed by atoms with Gasteiger partial charge in [-0.3, -0.25) is 4.79 Å². The highest BCUT2D eigenvalue weighted by atomic mass is 19.1. The zero-order valence-corrected chi connectivity index (χ0v) is 33.8. The summed E-state index contributed by atoms with van der Waals surface area (Å²) in [7, 11) is 0. The quantitative estimate of drug-likeness (QED) is 0.106. The van der Waals surface area contributed by atoms with E-state index < -0.39 is 0 Å². The molecule has 1 fully saturated rings. The number of fused-ring (bicyclic) bond motifs is 1. The minimum Gasteiger partial charge on any atom is -0.507 e. The number of halogens is 1. The van der Waals surface area contributed by atoms with Crippen LogP contribution in [-0.2, 0) is 13.0 Å². The van der Waals surface area contributed by atoms with Crippen LogP contribution in [0.3, 0.4) is 0 Å². The fraction of sp³-hybridized carbons (Fsp3) is 0.438. The van der Waals surface area contributed by atoms with Crippen molar-refractivity contribution in [3.63, 3.8) is 0 Å². The molecule has 6 rings (SSSR count). The predicted molar refractivity (Wildman–Crippen MR) is 225 cm³/mol. The van der Waals surface area contributed by atoms with Crippen LogP contribution in [-0.4, -0.2) is 40.1 Å². The zero-order chi connectivity index (χ0) is 38.8. The molecule has 1 aromatic heterocycles. The van der Waals surface area contributed by atoms with Crippen LogP contribution in [0.5, 0.6) is 5.75 Å². The monoisotopic (exact) mass is 731 g/mol. The molecule has 0 saturated heterocycles. The maximum absolute atomic E-state index is 13.6. The van der Waals surface area contributed by atoms with E-state index in [9.17, 15) is 14.3 Å². The number of phenols is 1. The largest absolute Gasteiger partial charge is 0.507 e. The van der Waals surface area contributed by atoms with E-state index in [4.69, 9.17) is 0 Å². The van der Waals surface area contributed by atoms with Gasteiger partial charge >= 0.3 is 0 Å². The number of aryl methyl sites for hydroxylation is 2. The molecule has 1 heterocycles. The molecular formula is C48H62FN3O2. The highest BCUT2D eigenvalue weighted by molar-refractivity contribution is 6.04. The third-order valence-electron chi connectivity index (χ3n) is 11.4. The van der Waals surface area contributed by atoms with E-state index in [-0.39, 0.29) is 17.5 Å². The summed E-state index contributed by atoms with van der Waals surface area (Å²) in [4.78, 5) is 16.0. The van der Waals surface area contributed by atoms with Crippen molar-refractivity contribution in [2.75, 3.05) is 25.0 Å². The smallest absolute Gasteiger partial charge is 0.255 e. The molecule has 54 heavy (non-hydrogen) atoms. The van der Waals surface area contributed by atoms with Gasteiger partial charge < -0.3 is 19.9 Å². The Hall–Kier alpha value is -4.42. The number of aromatic nitrogens is 1. The lowest BCUT2D eigenvalue weighted by atomic mass is 9.76. The van der Waals surface area contributed by atoms with E-state index in [2.05, 4.69) is 67.6 Å². The molecule has 4 aromatic carbocycles. The van der Waals surface area contributed by atoms with Crippen molar-refractivity contribution in [2.24, 2.45) is 5.92 Å². The topological polar surface area (TPSA) is 57.5 Å². The first-order chi connectivity index (χ1) is 26.1. The van der Waals surface area contributed by atoms with Crippen molar-refractivity contribution in [2.45, 2.75) is 112 Å². The molecule has 0 bridgehead atoms. The Bertz CT molecular complexity index is 1970. The lowest BCUT2D eigenvalue weighted by Crippen LogP contribution is -2.28. The van der Waals surface area contributed by atoms with Crippen molar-refractivity contribution in [1.82, 2.24) is 9.47 Å². The number of carbonyl (C=O) groups excluding carboxylic acids is 1. The highest BCUT2D eigenvalue weighted by Gasteiger charge is 2.26. The van der Waals surface area contributed by atoms with Gasteiger partial charge in [-0.2, -0.15) is 0 Å². The third kappa shape index (κ3) is 9.81. The summed E-state index contributed by atoms with van der Waals surface area (Å²) in [5.41, 5.74) is 10.0. The highest BCUT2D eigenvalue weighted by Crippen LogP contribution is 2.46. The van der Waals surface area contributed by atoms with E-state index in [1.807, 2.05) is 44.2 Å². The van der Waals surface area contributed by atoms with Crippen LogP contribution in [0.15, 0.2) is 78.9 Å². The van der Waals surface area contributed by atoms with Crippen LogP contribution in [0.2, 0.25) is 0 Å². The van der Waals surface area contributed by atoms with Crippen molar-refractivity contribution in [3.8, 4) is 16.9 Å². The lowest BCUT2D eigenvalue weighted by Gasteiger charge is -2.29. The Labute approximate surface area is 323 Å². The number of hydrogen-bond donors (Lipinski definition) is 2. The first-order valence-corrected chi connectivity index (χ1v) is 20.5. The molecule has 288 valence electrons. The molecule has 1 unspecified atom stereocenters. The molecule has 1 amide bonds. The summed E-state index contributed by atoms with van der Waals surface area (Å²) in [5, 5.41) is 15.4. The lowest BCUT2D eigenvalue weighted by molar-refractivity contribution is 0.102. The molecule has 1 atom stereocenters. The zero-order valence-electron chi connectivity index (χ0n) is 33.8. The van der Waals surface area contributed by atoms with Gasteiger partial charge in [0.2, 0.25) is 0 Å². The summed E-state index contributed by atoms with van der Waals surface area (Å²) in [5.74, 6) is 0.648. The number of nitrogens with zero attached hydrogens (tertiary/aromatic N) is 2. The Morgan fingerprint density at radius 2 is 1.63 bits per heavy atom. The summed E-state index contributed by atoms with van der Waals surface area (Å²) in [6.45, 7) is 20.0. The van der Waals surface area contributed by atoms with Gasteiger partial charge in [0.1, 0.15) is 11.6 Å². The van der Waals surface area contributed by atoms with Gasteiger partial charge in [0.05, 0.1) is 0 Å². The molecule has 1 saturated carbocycles. The van der Waals surface area contributed by atoms with Crippen LogP contribution >= 0.6 is 0 Å². The number of benzene rings is 4. The SMILES string of the molecule is CC.CCCN(CCCn1c(C)c(C)c2cc(Cc3ccc(C(=O)Nc4cc(O)c(-c5ccc(F)cc5)c(C5CCC5)c4)cc3)ccc21)CCC(C)CC. The third-order valence-corrected chi connectivity index (χ3v) is 11.4. The van der Waals surface area contributed by atoms with Crippen LogP contribution in [0.4, 0.5) is 10.1 Å². The number of anilines is 1. The second-order valence-corrected chi connectivity index (χ2v) is 15.1. The minimum absolute atomic E-state index is 0.0884. The Balaban J connectivity index is 0.00000276. The predicted octanol–water partition coefficient (Wildman–Crippen LogP) is 12.4. The summed E-state index contributed by atoms with van der Waals surface area (Å²) in [6.07, 6.45) is 8.86. The molecule has 0 spiro atoms. The normalized spacial score (nSPS) is 13.4. The van der Waals surface area contributed by atoms with E-state index in [0.29, 0.717) is 22.7 Å². The average molecular weight is 732 g/mol. The van der Waals surface area contributed by atoms with Crippen molar-refractivity contribution in [3.05, 3.63) is 118 Å². The van der Waals surface area contributed by atoms with Gasteiger partial charge in [-0.15, -0.1) is 0 Å². The fourth-order valence-electron chi connectivity index (χ4n) is 7.71. The molecule has 5 aromatic rings. The number of nitrogens with one attached hydrogen (secondary N) is 1. The van der Waals surface area contributed by atoms with Crippen LogP contribution in [0.25, 0.3) is 22.0 Å². The second-order valence-electron chi connectivity index (χ2n) is 15.1. The number of rotatable bonds is 16. The van der Waals surface area contributed by atoms with E-state index >= 15 is 0 Å². The first kappa shape index (κ1) is 40.8. The summed E-state index contributed by atoms with van der Waals surface area (Å²) in [6, 6.07) is 24.5. The number of carbonyl (C=O) groups is 1.